The van der Waals surface area contributed by atoms with Gasteiger partial charge in [0.05, 0.1) is 17.1 Å². The van der Waals surface area contributed by atoms with Crippen molar-refractivity contribution in [1.82, 2.24) is 24.3 Å². The molecule has 182 valence electrons. The molecule has 0 spiro atoms. The molecule has 0 bridgehead atoms. The molecule has 4 aromatic heterocycles. The highest BCUT2D eigenvalue weighted by Crippen LogP contribution is 2.31. The smallest absolute Gasteiger partial charge is 0.277 e. The summed E-state index contributed by atoms with van der Waals surface area (Å²) in [6.07, 6.45) is 11.2. The van der Waals surface area contributed by atoms with Gasteiger partial charge in [0, 0.05) is 56.3 Å². The number of hydrogen-bond donors (Lipinski definition) is 2. The molecule has 1 aliphatic heterocycles. The highest BCUT2D eigenvalue weighted by Gasteiger charge is 2.20. The van der Waals surface area contributed by atoms with E-state index in [1.165, 1.54) is 12.7 Å². The lowest BCUT2D eigenvalue weighted by molar-refractivity contribution is 0.102. The van der Waals surface area contributed by atoms with Gasteiger partial charge < -0.3 is 29.7 Å². The highest BCUT2D eigenvalue weighted by atomic mass is 16.3. The predicted molar refractivity (Wildman–Crippen MR) is 136 cm³/mol. The van der Waals surface area contributed by atoms with Gasteiger partial charge in [-0.1, -0.05) is 0 Å². The molecule has 1 aliphatic rings. The summed E-state index contributed by atoms with van der Waals surface area (Å²) in [6.45, 7) is 2.82. The van der Waals surface area contributed by atoms with Crippen LogP contribution in [-0.4, -0.2) is 63.9 Å². The lowest BCUT2D eigenvalue weighted by atomic mass is 10.1. The van der Waals surface area contributed by atoms with Crippen LogP contribution in [0.5, 0.6) is 0 Å². The van der Waals surface area contributed by atoms with Gasteiger partial charge in [-0.15, -0.1) is 0 Å². The van der Waals surface area contributed by atoms with Crippen molar-refractivity contribution in [1.29, 1.82) is 0 Å². The number of amides is 1. The van der Waals surface area contributed by atoms with Crippen LogP contribution in [0.15, 0.2) is 47.5 Å². The molecule has 0 aromatic carbocycles. The molecule has 5 heterocycles. The van der Waals surface area contributed by atoms with Crippen LogP contribution in [0.3, 0.4) is 0 Å². The van der Waals surface area contributed by atoms with Gasteiger partial charge >= 0.3 is 0 Å². The average Bonchev–Trinajstić information content (AvgIpc) is 3.50. The van der Waals surface area contributed by atoms with Crippen molar-refractivity contribution in [3.8, 4) is 11.5 Å². The SMILES string of the molecule is CN(C)CCc1cn2cc(NC(=O)c3coc(-c4ccnc(N)c4)n3)c(N3CCCCC3)cc2n1. The number of nitrogen functional groups attached to an aromatic ring is 1. The summed E-state index contributed by atoms with van der Waals surface area (Å²) in [6, 6.07) is 5.45. The van der Waals surface area contributed by atoms with E-state index in [0.717, 1.165) is 61.6 Å². The lowest BCUT2D eigenvalue weighted by Gasteiger charge is -2.30. The van der Waals surface area contributed by atoms with Crippen LogP contribution < -0.4 is 16.0 Å². The second-order valence-corrected chi connectivity index (χ2v) is 9.13. The third kappa shape index (κ3) is 5.12. The number of fused-ring (bicyclic) bond motifs is 1. The molecule has 3 N–H and O–H groups in total. The molecule has 0 unspecified atom stereocenters. The summed E-state index contributed by atoms with van der Waals surface area (Å²) in [4.78, 5) is 30.8. The molecule has 10 nitrogen and oxygen atoms in total. The van der Waals surface area contributed by atoms with Crippen molar-refractivity contribution >= 4 is 28.7 Å². The number of nitrogens with one attached hydrogen (secondary N) is 1. The summed E-state index contributed by atoms with van der Waals surface area (Å²) in [7, 11) is 4.10. The zero-order valence-corrected chi connectivity index (χ0v) is 20.1. The number of oxazole rings is 1. The normalized spacial score (nSPS) is 14.1. The zero-order chi connectivity index (χ0) is 24.4. The van der Waals surface area contributed by atoms with E-state index in [9.17, 15) is 4.79 Å². The first-order chi connectivity index (χ1) is 17.0. The Labute approximate surface area is 203 Å². The fourth-order valence-corrected chi connectivity index (χ4v) is 4.31. The number of anilines is 3. The van der Waals surface area contributed by atoms with Crippen molar-refractivity contribution in [2.24, 2.45) is 0 Å². The monoisotopic (exact) mass is 474 g/mol. The van der Waals surface area contributed by atoms with E-state index in [-0.39, 0.29) is 11.6 Å². The fourth-order valence-electron chi connectivity index (χ4n) is 4.31. The molecule has 10 heteroatoms. The van der Waals surface area contributed by atoms with Gasteiger partial charge in [0.25, 0.3) is 5.91 Å². The van der Waals surface area contributed by atoms with Crippen molar-refractivity contribution in [3.63, 3.8) is 0 Å². The standard InChI is InChI=1S/C25H30N8O2/c1-31(2)11-7-18-14-33-15-19(21(13-23(33)28-18)32-9-4-3-5-10-32)29-24(34)20-16-35-25(30-20)17-6-8-27-22(26)12-17/h6,8,12-16H,3-5,7,9-11H2,1-2H3,(H2,26,27)(H,29,34). The number of piperidine rings is 1. The number of imidazole rings is 1. The van der Waals surface area contributed by atoms with Gasteiger partial charge in [0.15, 0.2) is 5.69 Å². The molecule has 0 aliphatic carbocycles. The maximum Gasteiger partial charge on any atom is 0.277 e. The maximum atomic E-state index is 13.2. The summed E-state index contributed by atoms with van der Waals surface area (Å²) in [5.41, 5.74) is 10.2. The molecule has 5 rings (SSSR count). The first-order valence-corrected chi connectivity index (χ1v) is 11.9. The van der Waals surface area contributed by atoms with Gasteiger partial charge in [0.1, 0.15) is 17.7 Å². The van der Waals surface area contributed by atoms with E-state index in [4.69, 9.17) is 15.1 Å². The van der Waals surface area contributed by atoms with Crippen molar-refractivity contribution in [3.05, 3.63) is 54.4 Å². The van der Waals surface area contributed by atoms with Crippen molar-refractivity contribution in [2.75, 3.05) is 49.7 Å². The highest BCUT2D eigenvalue weighted by molar-refractivity contribution is 6.05. The Morgan fingerprint density at radius 1 is 1.17 bits per heavy atom. The second-order valence-electron chi connectivity index (χ2n) is 9.13. The number of likely N-dealkylation sites (N-methyl/N-ethyl adjacent to an activating group) is 1. The first kappa shape index (κ1) is 22.9. The molecule has 0 atom stereocenters. The van der Waals surface area contributed by atoms with Crippen molar-refractivity contribution in [2.45, 2.75) is 25.7 Å². The number of rotatable bonds is 7. The maximum absolute atomic E-state index is 13.2. The zero-order valence-electron chi connectivity index (χ0n) is 20.1. The first-order valence-electron chi connectivity index (χ1n) is 11.9. The molecular formula is C25H30N8O2. The number of carbonyl (C=O) groups is 1. The number of carbonyl (C=O) groups excluding carboxylic acids is 1. The molecule has 35 heavy (non-hydrogen) atoms. The average molecular weight is 475 g/mol. The third-order valence-corrected chi connectivity index (χ3v) is 6.15. The molecule has 0 radical (unpaired) electrons. The summed E-state index contributed by atoms with van der Waals surface area (Å²) in [5.74, 6) is 0.333. The predicted octanol–water partition coefficient (Wildman–Crippen LogP) is 3.31. The Morgan fingerprint density at radius 2 is 2.00 bits per heavy atom. The number of aromatic nitrogens is 4. The Kier molecular flexibility index (Phi) is 6.37. The van der Waals surface area contributed by atoms with Crippen LogP contribution >= 0.6 is 0 Å². The second kappa shape index (κ2) is 9.75. The summed E-state index contributed by atoms with van der Waals surface area (Å²) >= 11 is 0. The Balaban J connectivity index is 1.44. The molecule has 1 amide bonds. The molecule has 0 saturated carbocycles. The van der Waals surface area contributed by atoms with E-state index >= 15 is 0 Å². The number of nitrogens with zero attached hydrogens (tertiary/aromatic N) is 6. The minimum atomic E-state index is -0.340. The van der Waals surface area contributed by atoms with Crippen LogP contribution in [0.1, 0.15) is 35.4 Å². The largest absolute Gasteiger partial charge is 0.444 e. The van der Waals surface area contributed by atoms with Crippen molar-refractivity contribution < 1.29 is 9.21 Å². The molecular weight excluding hydrogens is 444 g/mol. The van der Waals surface area contributed by atoms with E-state index in [1.54, 1.807) is 18.3 Å². The van der Waals surface area contributed by atoms with E-state index in [2.05, 4.69) is 45.2 Å². The minimum absolute atomic E-state index is 0.192. The molecule has 4 aromatic rings. The van der Waals surface area contributed by atoms with Crippen LogP contribution in [0.2, 0.25) is 0 Å². The quantitative estimate of drug-likeness (QED) is 0.419. The van der Waals surface area contributed by atoms with Gasteiger partial charge in [-0.05, 0) is 45.5 Å². The Hall–Kier alpha value is -3.92. The van der Waals surface area contributed by atoms with Crippen LogP contribution in [0.25, 0.3) is 17.1 Å². The molecule has 1 fully saturated rings. The van der Waals surface area contributed by atoms with Crippen LogP contribution in [0.4, 0.5) is 17.2 Å². The van der Waals surface area contributed by atoms with E-state index in [1.807, 2.05) is 16.8 Å². The van der Waals surface area contributed by atoms with Gasteiger partial charge in [-0.2, -0.15) is 0 Å². The topological polar surface area (TPSA) is 118 Å². The Morgan fingerprint density at radius 3 is 2.77 bits per heavy atom. The van der Waals surface area contributed by atoms with Crippen LogP contribution in [-0.2, 0) is 6.42 Å². The van der Waals surface area contributed by atoms with E-state index < -0.39 is 0 Å². The fraction of sp³-hybridized carbons (Fsp3) is 0.360. The van der Waals surface area contributed by atoms with Gasteiger partial charge in [0.2, 0.25) is 5.89 Å². The number of nitrogens with two attached hydrogens (primary N) is 1. The Bertz CT molecular complexity index is 1340. The summed E-state index contributed by atoms with van der Waals surface area (Å²) < 4.78 is 7.52. The van der Waals surface area contributed by atoms with Gasteiger partial charge in [-0.3, -0.25) is 4.79 Å². The minimum Gasteiger partial charge on any atom is -0.444 e. The van der Waals surface area contributed by atoms with Gasteiger partial charge in [-0.25, -0.2) is 15.0 Å². The number of hydrogen-bond acceptors (Lipinski definition) is 8. The third-order valence-electron chi connectivity index (χ3n) is 6.15. The van der Waals surface area contributed by atoms with E-state index in [0.29, 0.717) is 17.3 Å². The lowest BCUT2D eigenvalue weighted by Crippen LogP contribution is -2.30. The number of pyridine rings is 2. The molecule has 1 saturated heterocycles. The summed E-state index contributed by atoms with van der Waals surface area (Å²) in [5, 5.41) is 3.05. The van der Waals surface area contributed by atoms with Crippen LogP contribution in [0, 0.1) is 0 Å².